The normalized spacial score (nSPS) is 22.4. The van der Waals surface area contributed by atoms with Gasteiger partial charge in [-0.15, -0.1) is 6.58 Å². The van der Waals surface area contributed by atoms with Crippen molar-refractivity contribution in [3.8, 4) is 0 Å². The Balaban J connectivity index is 2.39. The first kappa shape index (κ1) is 15.2. The van der Waals surface area contributed by atoms with Gasteiger partial charge in [-0.05, 0) is 45.3 Å². The minimum atomic E-state index is -0.0330. The zero-order chi connectivity index (χ0) is 13.4. The van der Waals surface area contributed by atoms with Gasteiger partial charge in [-0.1, -0.05) is 13.0 Å². The number of nitrogens with zero attached hydrogens (tertiary/aromatic N) is 1. The number of carbonyl (C=O) groups is 1. The Hall–Kier alpha value is -0.870. The Kier molecular flexibility index (Phi) is 6.98. The minimum Gasteiger partial charge on any atom is -0.351 e. The van der Waals surface area contributed by atoms with Crippen LogP contribution in [-0.2, 0) is 4.79 Å². The molecule has 0 saturated carbocycles. The average Bonchev–Trinajstić information content (AvgIpc) is 2.42. The predicted octanol–water partition coefficient (Wildman–Crippen LogP) is 0.999. The van der Waals surface area contributed by atoms with Crippen LogP contribution in [0.4, 0.5) is 0 Å². The fourth-order valence-electron chi connectivity index (χ4n) is 2.45. The van der Waals surface area contributed by atoms with Gasteiger partial charge in [0.2, 0.25) is 5.91 Å². The minimum absolute atomic E-state index is 0.0330. The molecule has 2 unspecified atom stereocenters. The molecule has 104 valence electrons. The summed E-state index contributed by atoms with van der Waals surface area (Å²) in [7, 11) is 0. The van der Waals surface area contributed by atoms with Crippen LogP contribution in [0.15, 0.2) is 12.7 Å². The Morgan fingerprint density at radius 3 is 3.06 bits per heavy atom. The van der Waals surface area contributed by atoms with Gasteiger partial charge in [-0.2, -0.15) is 0 Å². The van der Waals surface area contributed by atoms with Crippen molar-refractivity contribution >= 4 is 5.91 Å². The maximum Gasteiger partial charge on any atom is 0.237 e. The van der Waals surface area contributed by atoms with E-state index in [0.717, 1.165) is 26.2 Å². The molecule has 0 radical (unpaired) electrons. The van der Waals surface area contributed by atoms with E-state index in [1.807, 2.05) is 6.92 Å². The lowest BCUT2D eigenvalue weighted by Crippen LogP contribution is -2.50. The first-order chi connectivity index (χ1) is 8.69. The summed E-state index contributed by atoms with van der Waals surface area (Å²) in [6, 6.07) is -0.0330. The van der Waals surface area contributed by atoms with Crippen molar-refractivity contribution in [3.63, 3.8) is 0 Å². The summed E-state index contributed by atoms with van der Waals surface area (Å²) in [4.78, 5) is 14.2. The topological polar surface area (TPSA) is 44.4 Å². The molecular formula is C14H27N3O. The quantitative estimate of drug-likeness (QED) is 0.665. The second-order valence-corrected chi connectivity index (χ2v) is 5.02. The van der Waals surface area contributed by atoms with Crippen molar-refractivity contribution in [1.29, 1.82) is 0 Å². The van der Waals surface area contributed by atoms with Crippen LogP contribution in [0.5, 0.6) is 0 Å². The molecule has 0 bridgehead atoms. The fourth-order valence-corrected chi connectivity index (χ4v) is 2.45. The molecule has 1 rings (SSSR count). The van der Waals surface area contributed by atoms with Crippen LogP contribution in [-0.4, -0.2) is 49.6 Å². The molecule has 4 nitrogen and oxygen atoms in total. The third-order valence-electron chi connectivity index (χ3n) is 3.58. The van der Waals surface area contributed by atoms with E-state index in [0.29, 0.717) is 12.5 Å². The van der Waals surface area contributed by atoms with Crippen LogP contribution in [0.3, 0.4) is 0 Å². The van der Waals surface area contributed by atoms with Crippen LogP contribution in [0.2, 0.25) is 0 Å². The zero-order valence-electron chi connectivity index (χ0n) is 11.7. The van der Waals surface area contributed by atoms with Gasteiger partial charge in [0.25, 0.3) is 0 Å². The van der Waals surface area contributed by atoms with Crippen molar-refractivity contribution in [1.82, 2.24) is 15.5 Å². The number of hydrogen-bond donors (Lipinski definition) is 2. The van der Waals surface area contributed by atoms with E-state index in [9.17, 15) is 4.79 Å². The summed E-state index contributed by atoms with van der Waals surface area (Å²) >= 11 is 0. The summed E-state index contributed by atoms with van der Waals surface area (Å²) in [5.41, 5.74) is 0. The summed E-state index contributed by atoms with van der Waals surface area (Å²) in [6.45, 7) is 12.4. The van der Waals surface area contributed by atoms with E-state index in [-0.39, 0.29) is 11.9 Å². The van der Waals surface area contributed by atoms with Crippen molar-refractivity contribution in [2.24, 2.45) is 5.92 Å². The molecule has 1 saturated heterocycles. The van der Waals surface area contributed by atoms with Gasteiger partial charge in [0.15, 0.2) is 0 Å². The summed E-state index contributed by atoms with van der Waals surface area (Å²) in [5.74, 6) is 0.785. The molecule has 18 heavy (non-hydrogen) atoms. The summed E-state index contributed by atoms with van der Waals surface area (Å²) in [6.07, 6.45) is 4.18. The first-order valence-corrected chi connectivity index (χ1v) is 7.02. The number of piperidine rings is 1. The van der Waals surface area contributed by atoms with Crippen molar-refractivity contribution in [2.75, 3.05) is 32.7 Å². The molecule has 1 aliphatic heterocycles. The molecule has 0 aromatic rings. The van der Waals surface area contributed by atoms with Gasteiger partial charge in [0.1, 0.15) is 0 Å². The van der Waals surface area contributed by atoms with E-state index >= 15 is 0 Å². The highest BCUT2D eigenvalue weighted by Gasteiger charge is 2.26. The maximum atomic E-state index is 11.9. The molecule has 0 spiro atoms. The smallest absolute Gasteiger partial charge is 0.237 e. The molecule has 2 atom stereocenters. The molecule has 1 fully saturated rings. The third kappa shape index (κ3) is 4.78. The Bertz CT molecular complexity index is 268. The monoisotopic (exact) mass is 253 g/mol. The lowest BCUT2D eigenvalue weighted by molar-refractivity contribution is -0.126. The fraction of sp³-hybridized carbons (Fsp3) is 0.786. The van der Waals surface area contributed by atoms with E-state index in [2.05, 4.69) is 29.0 Å². The highest BCUT2D eigenvalue weighted by atomic mass is 16.2. The Labute approximate surface area is 111 Å². The van der Waals surface area contributed by atoms with Crippen LogP contribution in [0.1, 0.15) is 26.7 Å². The summed E-state index contributed by atoms with van der Waals surface area (Å²) < 4.78 is 0. The molecular weight excluding hydrogens is 226 g/mol. The molecule has 0 aromatic heterocycles. The van der Waals surface area contributed by atoms with Crippen molar-refractivity contribution in [2.45, 2.75) is 32.7 Å². The lowest BCUT2D eigenvalue weighted by atomic mass is 9.96. The number of likely N-dealkylation sites (tertiary alicyclic amines) is 1. The lowest BCUT2D eigenvalue weighted by Gasteiger charge is -2.36. The molecule has 1 aliphatic rings. The summed E-state index contributed by atoms with van der Waals surface area (Å²) in [5, 5.41) is 6.27. The molecule has 1 heterocycles. The second-order valence-electron chi connectivity index (χ2n) is 5.02. The molecule has 1 amide bonds. The van der Waals surface area contributed by atoms with Gasteiger partial charge in [0.05, 0.1) is 6.04 Å². The molecule has 0 aliphatic carbocycles. The van der Waals surface area contributed by atoms with Gasteiger partial charge in [0, 0.05) is 13.1 Å². The molecule has 0 aromatic carbocycles. The Morgan fingerprint density at radius 2 is 2.39 bits per heavy atom. The number of hydrogen-bond acceptors (Lipinski definition) is 3. The van der Waals surface area contributed by atoms with Crippen LogP contribution in [0, 0.1) is 5.92 Å². The number of carbonyl (C=O) groups excluding carboxylic acids is 1. The maximum absolute atomic E-state index is 11.9. The van der Waals surface area contributed by atoms with Gasteiger partial charge in [-0.3, -0.25) is 9.69 Å². The van der Waals surface area contributed by atoms with E-state index in [4.69, 9.17) is 0 Å². The number of nitrogens with one attached hydrogen (secondary N) is 2. The highest BCUT2D eigenvalue weighted by molar-refractivity contribution is 5.81. The predicted molar refractivity (Wildman–Crippen MR) is 75.5 cm³/mol. The van der Waals surface area contributed by atoms with E-state index in [1.54, 1.807) is 6.08 Å². The van der Waals surface area contributed by atoms with Crippen molar-refractivity contribution < 1.29 is 4.79 Å². The van der Waals surface area contributed by atoms with Crippen LogP contribution < -0.4 is 10.6 Å². The standard InChI is InChI=1S/C14H27N3O/c1-4-8-16-14(18)12(3)17-9-6-7-13(11-17)10-15-5-2/h4,12-13,15H,1,5-11H2,2-3H3,(H,16,18). The SMILES string of the molecule is C=CCNC(=O)C(C)N1CCCC(CNCC)C1. The second kappa shape index (κ2) is 8.27. The number of rotatable bonds is 7. The average molecular weight is 253 g/mol. The van der Waals surface area contributed by atoms with Gasteiger partial charge >= 0.3 is 0 Å². The largest absolute Gasteiger partial charge is 0.351 e. The number of amides is 1. The zero-order valence-corrected chi connectivity index (χ0v) is 11.7. The highest BCUT2D eigenvalue weighted by Crippen LogP contribution is 2.17. The first-order valence-electron chi connectivity index (χ1n) is 7.02. The third-order valence-corrected chi connectivity index (χ3v) is 3.58. The van der Waals surface area contributed by atoms with Gasteiger partial charge in [-0.25, -0.2) is 0 Å². The van der Waals surface area contributed by atoms with Crippen LogP contribution in [0.25, 0.3) is 0 Å². The van der Waals surface area contributed by atoms with Gasteiger partial charge < -0.3 is 10.6 Å². The molecule has 4 heteroatoms. The molecule has 2 N–H and O–H groups in total. The van der Waals surface area contributed by atoms with Crippen molar-refractivity contribution in [3.05, 3.63) is 12.7 Å². The van der Waals surface area contributed by atoms with E-state index < -0.39 is 0 Å². The van der Waals surface area contributed by atoms with Crippen LogP contribution >= 0.6 is 0 Å². The van der Waals surface area contributed by atoms with E-state index in [1.165, 1.54) is 12.8 Å². The Morgan fingerprint density at radius 1 is 1.61 bits per heavy atom.